The van der Waals surface area contributed by atoms with Crippen LogP contribution >= 0.6 is 15.9 Å². The number of hydrogen-bond acceptors (Lipinski definition) is 4. The van der Waals surface area contributed by atoms with Gasteiger partial charge < -0.3 is 5.32 Å². The van der Waals surface area contributed by atoms with E-state index in [1.165, 1.54) is 0 Å². The molecule has 0 fully saturated rings. The van der Waals surface area contributed by atoms with Crippen LogP contribution in [0.5, 0.6) is 0 Å². The second-order valence-corrected chi connectivity index (χ2v) is 6.28. The average molecular weight is 320 g/mol. The van der Waals surface area contributed by atoms with E-state index < -0.39 is 10.8 Å². The normalized spacial score (nSPS) is 12.4. The van der Waals surface area contributed by atoms with Gasteiger partial charge in [-0.1, -0.05) is 13.8 Å². The number of nitrogens with zero attached hydrogens (tertiary/aromatic N) is 2. The van der Waals surface area contributed by atoms with Crippen molar-refractivity contribution < 1.29 is 4.21 Å². The highest BCUT2D eigenvalue weighted by molar-refractivity contribution is 9.10. The van der Waals surface area contributed by atoms with E-state index in [2.05, 4.69) is 38.1 Å². The Kier molecular flexibility index (Phi) is 6.65. The van der Waals surface area contributed by atoms with Crippen molar-refractivity contribution in [1.82, 2.24) is 9.97 Å². The lowest BCUT2D eigenvalue weighted by Crippen LogP contribution is -2.13. The van der Waals surface area contributed by atoms with Crippen LogP contribution in [0.2, 0.25) is 0 Å². The van der Waals surface area contributed by atoms with Gasteiger partial charge in [-0.2, -0.15) is 0 Å². The van der Waals surface area contributed by atoms with Gasteiger partial charge in [0.05, 0.1) is 0 Å². The Labute approximate surface area is 113 Å². The van der Waals surface area contributed by atoms with Crippen molar-refractivity contribution in [3.63, 3.8) is 0 Å². The van der Waals surface area contributed by atoms with Gasteiger partial charge in [-0.3, -0.25) is 4.21 Å². The third-order valence-corrected chi connectivity index (χ3v) is 3.88. The second kappa shape index (κ2) is 7.76. The molecule has 1 rings (SSSR count). The van der Waals surface area contributed by atoms with E-state index in [1.807, 2.05) is 13.0 Å². The van der Waals surface area contributed by atoms with Gasteiger partial charge in [0.1, 0.15) is 16.2 Å². The zero-order chi connectivity index (χ0) is 12.7. The molecule has 0 aliphatic heterocycles. The maximum Gasteiger partial charge on any atom is 0.132 e. The van der Waals surface area contributed by atoms with Crippen LogP contribution in [0.1, 0.15) is 26.1 Å². The Morgan fingerprint density at radius 3 is 2.82 bits per heavy atom. The summed E-state index contributed by atoms with van der Waals surface area (Å²) in [7, 11) is -0.732. The van der Waals surface area contributed by atoms with Crippen LogP contribution in [0.15, 0.2) is 10.7 Å². The number of nitrogens with one attached hydrogen (secondary N) is 1. The molecule has 0 aromatic carbocycles. The lowest BCUT2D eigenvalue weighted by atomic mass is 10.3. The maximum atomic E-state index is 11.3. The molecule has 0 spiro atoms. The molecule has 1 aromatic rings. The van der Waals surface area contributed by atoms with Crippen LogP contribution in [-0.2, 0) is 17.2 Å². The molecule has 0 saturated carbocycles. The van der Waals surface area contributed by atoms with Gasteiger partial charge in [-0.15, -0.1) is 0 Å². The number of aryl methyl sites for hydroxylation is 1. The van der Waals surface area contributed by atoms with Crippen molar-refractivity contribution in [2.24, 2.45) is 0 Å². The molecule has 0 bridgehead atoms. The first-order valence-corrected chi connectivity index (χ1v) is 8.06. The number of anilines is 1. The van der Waals surface area contributed by atoms with Gasteiger partial charge in [-0.05, 0) is 22.4 Å². The Morgan fingerprint density at radius 1 is 1.41 bits per heavy atom. The molecular weight excluding hydrogens is 302 g/mol. The summed E-state index contributed by atoms with van der Waals surface area (Å²) in [4.78, 5) is 8.68. The van der Waals surface area contributed by atoms with E-state index in [4.69, 9.17) is 0 Å². The molecule has 1 unspecified atom stereocenters. The molecule has 0 saturated heterocycles. The minimum absolute atomic E-state index is 0.654. The summed E-state index contributed by atoms with van der Waals surface area (Å²) in [6.45, 7) is 4.70. The van der Waals surface area contributed by atoms with E-state index in [-0.39, 0.29) is 0 Å². The number of rotatable bonds is 7. The van der Waals surface area contributed by atoms with Crippen LogP contribution in [0, 0.1) is 0 Å². The monoisotopic (exact) mass is 319 g/mol. The van der Waals surface area contributed by atoms with Gasteiger partial charge in [-0.25, -0.2) is 9.97 Å². The lowest BCUT2D eigenvalue weighted by Gasteiger charge is -2.07. The van der Waals surface area contributed by atoms with E-state index in [0.29, 0.717) is 18.1 Å². The Hall–Kier alpha value is -0.490. The highest BCUT2D eigenvalue weighted by Crippen LogP contribution is 2.13. The fourth-order valence-corrected chi connectivity index (χ4v) is 2.37. The van der Waals surface area contributed by atoms with Gasteiger partial charge in [0, 0.05) is 41.3 Å². The van der Waals surface area contributed by atoms with Gasteiger partial charge in [0.25, 0.3) is 0 Å². The number of aromatic nitrogens is 2. The molecule has 96 valence electrons. The standard InChI is InChI=1S/C11H18BrN3OS/c1-3-5-10-14-9(12)8-11(15-10)13-6-7-17(16)4-2/h8H,3-7H2,1-2H3,(H,13,14,15). The third kappa shape index (κ3) is 5.59. The number of hydrogen-bond donors (Lipinski definition) is 1. The van der Waals surface area contributed by atoms with E-state index in [1.54, 1.807) is 0 Å². The number of halogens is 1. The first-order chi connectivity index (χ1) is 8.15. The van der Waals surface area contributed by atoms with E-state index in [9.17, 15) is 4.21 Å². The van der Waals surface area contributed by atoms with Crippen molar-refractivity contribution in [3.8, 4) is 0 Å². The largest absolute Gasteiger partial charge is 0.369 e. The van der Waals surface area contributed by atoms with Crippen LogP contribution in [0.25, 0.3) is 0 Å². The SMILES string of the molecule is CCCc1nc(Br)cc(NCCS(=O)CC)n1. The molecule has 0 amide bonds. The highest BCUT2D eigenvalue weighted by Gasteiger charge is 2.02. The summed E-state index contributed by atoms with van der Waals surface area (Å²) in [5.74, 6) is 2.99. The zero-order valence-corrected chi connectivity index (χ0v) is 12.6. The molecule has 1 aromatic heterocycles. The van der Waals surface area contributed by atoms with Crippen molar-refractivity contribution in [2.45, 2.75) is 26.7 Å². The predicted octanol–water partition coefficient (Wildman–Crippen LogP) is 2.37. The molecular formula is C11H18BrN3OS. The summed E-state index contributed by atoms with van der Waals surface area (Å²) >= 11 is 3.37. The molecule has 0 radical (unpaired) electrons. The molecule has 17 heavy (non-hydrogen) atoms. The summed E-state index contributed by atoms with van der Waals surface area (Å²) < 4.78 is 12.1. The maximum absolute atomic E-state index is 11.3. The summed E-state index contributed by atoms with van der Waals surface area (Å²) in [5, 5.41) is 3.18. The van der Waals surface area contributed by atoms with E-state index >= 15 is 0 Å². The van der Waals surface area contributed by atoms with Crippen LogP contribution in [0.3, 0.4) is 0 Å². The van der Waals surface area contributed by atoms with Gasteiger partial charge >= 0.3 is 0 Å². The Bertz CT molecular complexity index is 387. The molecule has 1 heterocycles. The highest BCUT2D eigenvalue weighted by atomic mass is 79.9. The summed E-state index contributed by atoms with van der Waals surface area (Å²) in [6.07, 6.45) is 1.89. The second-order valence-electron chi connectivity index (χ2n) is 3.60. The molecule has 1 N–H and O–H groups in total. The van der Waals surface area contributed by atoms with E-state index in [0.717, 1.165) is 29.1 Å². The van der Waals surface area contributed by atoms with Crippen molar-refractivity contribution in [1.29, 1.82) is 0 Å². The lowest BCUT2D eigenvalue weighted by molar-refractivity contribution is 0.684. The quantitative estimate of drug-likeness (QED) is 0.784. The topological polar surface area (TPSA) is 54.9 Å². The zero-order valence-electron chi connectivity index (χ0n) is 10.2. The summed E-state index contributed by atoms with van der Waals surface area (Å²) in [6, 6.07) is 1.84. The van der Waals surface area contributed by atoms with Crippen molar-refractivity contribution >= 4 is 32.5 Å². The minimum Gasteiger partial charge on any atom is -0.369 e. The Balaban J connectivity index is 2.55. The van der Waals surface area contributed by atoms with Gasteiger partial charge in [0.15, 0.2) is 0 Å². The molecule has 6 heteroatoms. The van der Waals surface area contributed by atoms with Crippen molar-refractivity contribution in [3.05, 3.63) is 16.5 Å². The first kappa shape index (κ1) is 14.6. The molecule has 0 aliphatic carbocycles. The summed E-state index contributed by atoms with van der Waals surface area (Å²) in [5.41, 5.74) is 0. The Morgan fingerprint density at radius 2 is 2.18 bits per heavy atom. The third-order valence-electron chi connectivity index (χ3n) is 2.17. The fourth-order valence-electron chi connectivity index (χ4n) is 1.33. The average Bonchev–Trinajstić information content (AvgIpc) is 2.28. The van der Waals surface area contributed by atoms with Crippen LogP contribution < -0.4 is 5.32 Å². The predicted molar refractivity (Wildman–Crippen MR) is 75.8 cm³/mol. The van der Waals surface area contributed by atoms with Gasteiger partial charge in [0.2, 0.25) is 0 Å². The smallest absolute Gasteiger partial charge is 0.132 e. The minimum atomic E-state index is -0.732. The molecule has 4 nitrogen and oxygen atoms in total. The fraction of sp³-hybridized carbons (Fsp3) is 0.636. The van der Waals surface area contributed by atoms with Crippen molar-refractivity contribution in [2.75, 3.05) is 23.4 Å². The van der Waals surface area contributed by atoms with Crippen LogP contribution in [0.4, 0.5) is 5.82 Å². The molecule has 1 atom stereocenters. The van der Waals surface area contributed by atoms with Crippen LogP contribution in [-0.4, -0.2) is 32.2 Å². The molecule has 0 aliphatic rings. The first-order valence-electron chi connectivity index (χ1n) is 5.78.